The lowest BCUT2D eigenvalue weighted by atomic mass is 11.3. The highest BCUT2D eigenvalue weighted by molar-refractivity contribution is 5.51. The number of nitrogens with one attached hydrogen (secondary N) is 1. The van der Waals surface area contributed by atoms with Crippen molar-refractivity contribution in [3.05, 3.63) is 0 Å². The second-order valence-electron chi connectivity index (χ2n) is 0.744. The molecule has 0 aromatic carbocycles. The summed E-state index contributed by atoms with van der Waals surface area (Å²) in [4.78, 5) is 8.80. The molecule has 4 heteroatoms. The molecule has 0 saturated heterocycles. The Hall–Kier alpha value is -0.770. The minimum absolute atomic E-state index is 0.191. The molecule has 0 aromatic heterocycles. The fraction of sp³-hybridized carbons (Fsp3) is 0.500. The van der Waals surface area contributed by atoms with Crippen molar-refractivity contribution in [2.75, 3.05) is 6.79 Å². The Balaban J connectivity index is 2.26. The summed E-state index contributed by atoms with van der Waals surface area (Å²) in [5.41, 5.74) is 2.37. The van der Waals surface area contributed by atoms with Gasteiger partial charge < -0.3 is 4.84 Å². The van der Waals surface area contributed by atoms with Crippen molar-refractivity contribution in [3.63, 3.8) is 0 Å². The van der Waals surface area contributed by atoms with Gasteiger partial charge in [-0.15, -0.1) is 0 Å². The van der Waals surface area contributed by atoms with E-state index < -0.39 is 0 Å². The van der Waals surface area contributed by atoms with Crippen molar-refractivity contribution >= 4 is 6.34 Å². The third-order valence-electron chi connectivity index (χ3n) is 0.375. The van der Waals surface area contributed by atoms with Crippen LogP contribution in [0.1, 0.15) is 0 Å². The number of hydroxylamine groups is 1. The summed E-state index contributed by atoms with van der Waals surface area (Å²) in [6.45, 7) is 0.191. The van der Waals surface area contributed by atoms with E-state index in [1.165, 1.54) is 6.34 Å². The molecular formula is C2H4N2O2. The highest BCUT2D eigenvalue weighted by Crippen LogP contribution is 1.76. The van der Waals surface area contributed by atoms with E-state index in [9.17, 15) is 0 Å². The summed E-state index contributed by atoms with van der Waals surface area (Å²) in [5, 5.41) is 3.32. The average Bonchev–Trinajstić information content (AvgIpc) is 1.72. The standard InChI is InChI=1S/C2H4N2O2/c1-3-5-2-6-4-1/h1H,2H2,(H,3,4). The van der Waals surface area contributed by atoms with E-state index in [1.807, 2.05) is 0 Å². The van der Waals surface area contributed by atoms with Gasteiger partial charge in [-0.25, -0.2) is 10.3 Å². The number of nitrogens with zero attached hydrogens (tertiary/aromatic N) is 1. The number of rotatable bonds is 0. The Labute approximate surface area is 34.7 Å². The first kappa shape index (κ1) is 3.42. The van der Waals surface area contributed by atoms with E-state index >= 15 is 0 Å². The predicted molar refractivity (Wildman–Crippen MR) is 18.7 cm³/mol. The molecule has 6 heavy (non-hydrogen) atoms. The molecule has 0 atom stereocenters. The molecule has 0 saturated carbocycles. The van der Waals surface area contributed by atoms with Crippen molar-refractivity contribution in [1.82, 2.24) is 5.48 Å². The first-order valence-electron chi connectivity index (χ1n) is 1.51. The third kappa shape index (κ3) is 0.587. The maximum absolute atomic E-state index is 4.45. The molecule has 0 fully saturated rings. The minimum atomic E-state index is 0.191. The summed E-state index contributed by atoms with van der Waals surface area (Å²) in [7, 11) is 0. The number of hydrogen-bond acceptors (Lipinski definition) is 4. The predicted octanol–water partition coefficient (Wildman–Crippen LogP) is -0.561. The maximum Gasteiger partial charge on any atom is 0.240 e. The van der Waals surface area contributed by atoms with Crippen LogP contribution in [0.3, 0.4) is 0 Å². The average molecular weight is 88.1 g/mol. The van der Waals surface area contributed by atoms with Crippen LogP contribution in [0.4, 0.5) is 0 Å². The van der Waals surface area contributed by atoms with Gasteiger partial charge in [-0.05, 0) is 0 Å². The van der Waals surface area contributed by atoms with Crippen LogP contribution in [-0.2, 0) is 9.68 Å². The van der Waals surface area contributed by atoms with E-state index in [0.717, 1.165) is 0 Å². The van der Waals surface area contributed by atoms with Gasteiger partial charge in [0.2, 0.25) is 6.79 Å². The SMILES string of the molecule is C1=NOCON1. The maximum atomic E-state index is 4.45. The Bertz CT molecular complexity index is 54.6. The van der Waals surface area contributed by atoms with Gasteiger partial charge in [0, 0.05) is 0 Å². The zero-order valence-corrected chi connectivity index (χ0v) is 3.05. The highest BCUT2D eigenvalue weighted by Gasteiger charge is 1.84. The van der Waals surface area contributed by atoms with Gasteiger partial charge in [0.25, 0.3) is 0 Å². The van der Waals surface area contributed by atoms with E-state index in [4.69, 9.17) is 0 Å². The largest absolute Gasteiger partial charge is 0.363 e. The van der Waals surface area contributed by atoms with Crippen molar-refractivity contribution in [2.24, 2.45) is 5.16 Å². The first-order chi connectivity index (χ1) is 3.00. The van der Waals surface area contributed by atoms with Crippen LogP contribution in [-0.4, -0.2) is 13.1 Å². The molecule has 1 N–H and O–H groups in total. The van der Waals surface area contributed by atoms with Crippen LogP contribution in [0.2, 0.25) is 0 Å². The second kappa shape index (κ2) is 1.61. The van der Waals surface area contributed by atoms with E-state index in [0.29, 0.717) is 0 Å². The van der Waals surface area contributed by atoms with Gasteiger partial charge >= 0.3 is 0 Å². The third-order valence-corrected chi connectivity index (χ3v) is 0.375. The van der Waals surface area contributed by atoms with Crippen LogP contribution in [0.25, 0.3) is 0 Å². The van der Waals surface area contributed by atoms with Crippen LogP contribution in [0.15, 0.2) is 5.16 Å². The molecule has 0 amide bonds. The first-order valence-corrected chi connectivity index (χ1v) is 1.51. The molecule has 0 aliphatic carbocycles. The molecule has 0 bridgehead atoms. The van der Waals surface area contributed by atoms with Crippen LogP contribution >= 0.6 is 0 Å². The molecule has 1 rings (SSSR count). The second-order valence-corrected chi connectivity index (χ2v) is 0.744. The molecule has 0 spiro atoms. The van der Waals surface area contributed by atoms with Gasteiger partial charge in [0.15, 0.2) is 6.34 Å². The zero-order valence-electron chi connectivity index (χ0n) is 3.05. The Morgan fingerprint density at radius 1 is 1.83 bits per heavy atom. The molecule has 34 valence electrons. The van der Waals surface area contributed by atoms with Gasteiger partial charge in [0.05, 0.1) is 0 Å². The fourth-order valence-corrected chi connectivity index (χ4v) is 0.187. The van der Waals surface area contributed by atoms with E-state index in [1.54, 1.807) is 0 Å². The smallest absolute Gasteiger partial charge is 0.240 e. The van der Waals surface area contributed by atoms with E-state index in [2.05, 4.69) is 20.3 Å². The van der Waals surface area contributed by atoms with Crippen molar-refractivity contribution in [3.8, 4) is 0 Å². The summed E-state index contributed by atoms with van der Waals surface area (Å²) < 4.78 is 0. The van der Waals surface area contributed by atoms with Crippen molar-refractivity contribution in [1.29, 1.82) is 0 Å². The summed E-state index contributed by atoms with van der Waals surface area (Å²) in [6.07, 6.45) is 1.32. The monoisotopic (exact) mass is 88.0 g/mol. The molecule has 0 unspecified atom stereocenters. The topological polar surface area (TPSA) is 42.9 Å². The van der Waals surface area contributed by atoms with Crippen LogP contribution in [0, 0.1) is 0 Å². The quantitative estimate of drug-likeness (QED) is 0.431. The van der Waals surface area contributed by atoms with Gasteiger partial charge in [-0.3, -0.25) is 0 Å². The summed E-state index contributed by atoms with van der Waals surface area (Å²) in [5.74, 6) is 0. The van der Waals surface area contributed by atoms with Crippen LogP contribution < -0.4 is 5.48 Å². The molecule has 1 aliphatic heterocycles. The lowest BCUT2D eigenvalue weighted by Crippen LogP contribution is -2.18. The minimum Gasteiger partial charge on any atom is -0.363 e. The lowest BCUT2D eigenvalue weighted by Gasteiger charge is -2.03. The zero-order chi connectivity index (χ0) is 4.24. The normalized spacial score (nSPS) is 18.7. The van der Waals surface area contributed by atoms with Crippen LogP contribution in [0.5, 0.6) is 0 Å². The van der Waals surface area contributed by atoms with Crippen molar-refractivity contribution in [2.45, 2.75) is 0 Å². The Morgan fingerprint density at radius 3 is 3.00 bits per heavy atom. The number of oxime groups is 1. The van der Waals surface area contributed by atoms with Crippen molar-refractivity contribution < 1.29 is 9.68 Å². The lowest BCUT2D eigenvalue weighted by molar-refractivity contribution is -0.0948. The summed E-state index contributed by atoms with van der Waals surface area (Å²) >= 11 is 0. The fourth-order valence-electron chi connectivity index (χ4n) is 0.187. The Morgan fingerprint density at radius 2 is 2.83 bits per heavy atom. The van der Waals surface area contributed by atoms with Gasteiger partial charge in [-0.1, -0.05) is 5.16 Å². The highest BCUT2D eigenvalue weighted by atomic mass is 16.8. The molecule has 1 heterocycles. The van der Waals surface area contributed by atoms with E-state index in [-0.39, 0.29) is 6.79 Å². The summed E-state index contributed by atoms with van der Waals surface area (Å²) in [6, 6.07) is 0. The molecule has 0 aromatic rings. The molecule has 4 nitrogen and oxygen atoms in total. The molecule has 1 aliphatic rings. The molecule has 0 radical (unpaired) electrons. The Kier molecular flexibility index (Phi) is 0.920. The number of hydrogen-bond donors (Lipinski definition) is 1. The van der Waals surface area contributed by atoms with Gasteiger partial charge in [-0.2, -0.15) is 0 Å². The van der Waals surface area contributed by atoms with Gasteiger partial charge in [0.1, 0.15) is 0 Å². The molecular weight excluding hydrogens is 84.0 g/mol.